The summed E-state index contributed by atoms with van der Waals surface area (Å²) < 4.78 is 13.4. The SMILES string of the molecule is C=Cc1ccc(F)c(CC(=O)NCCCC)c1. The summed E-state index contributed by atoms with van der Waals surface area (Å²) in [6.45, 7) is 6.32. The van der Waals surface area contributed by atoms with Crippen molar-refractivity contribution in [3.8, 4) is 0 Å². The molecule has 0 aliphatic rings. The van der Waals surface area contributed by atoms with E-state index in [0.29, 0.717) is 12.1 Å². The minimum absolute atomic E-state index is 0.0806. The van der Waals surface area contributed by atoms with Crippen LogP contribution in [0.25, 0.3) is 6.08 Å². The van der Waals surface area contributed by atoms with Gasteiger partial charge in [-0.25, -0.2) is 4.39 Å². The number of rotatable bonds is 6. The van der Waals surface area contributed by atoms with Crippen LogP contribution >= 0.6 is 0 Å². The molecule has 0 saturated heterocycles. The minimum atomic E-state index is -0.346. The Bertz CT molecular complexity index is 401. The average Bonchev–Trinajstić information content (AvgIpc) is 2.32. The summed E-state index contributed by atoms with van der Waals surface area (Å²) in [6, 6.07) is 4.66. The van der Waals surface area contributed by atoms with E-state index in [9.17, 15) is 9.18 Å². The smallest absolute Gasteiger partial charge is 0.224 e. The Morgan fingerprint density at radius 2 is 2.29 bits per heavy atom. The summed E-state index contributed by atoms with van der Waals surface area (Å²) in [6.07, 6.45) is 3.69. The zero-order valence-electron chi connectivity index (χ0n) is 10.1. The number of carbonyl (C=O) groups is 1. The van der Waals surface area contributed by atoms with E-state index in [1.54, 1.807) is 18.2 Å². The molecule has 0 radical (unpaired) electrons. The fourth-order valence-electron chi connectivity index (χ4n) is 1.50. The highest BCUT2D eigenvalue weighted by molar-refractivity contribution is 5.78. The third-order valence-electron chi connectivity index (χ3n) is 2.51. The van der Waals surface area contributed by atoms with Crippen molar-refractivity contribution in [1.29, 1.82) is 0 Å². The van der Waals surface area contributed by atoms with E-state index >= 15 is 0 Å². The third kappa shape index (κ3) is 4.39. The summed E-state index contributed by atoms with van der Waals surface area (Å²) >= 11 is 0. The van der Waals surface area contributed by atoms with Crippen LogP contribution in [0.5, 0.6) is 0 Å². The molecule has 0 bridgehead atoms. The van der Waals surface area contributed by atoms with Crippen LogP contribution in [0.1, 0.15) is 30.9 Å². The number of hydrogen-bond donors (Lipinski definition) is 1. The maximum atomic E-state index is 13.4. The fraction of sp³-hybridized carbons (Fsp3) is 0.357. The van der Waals surface area contributed by atoms with Gasteiger partial charge in [0.15, 0.2) is 0 Å². The topological polar surface area (TPSA) is 29.1 Å². The van der Waals surface area contributed by atoms with Crippen molar-refractivity contribution in [1.82, 2.24) is 5.32 Å². The van der Waals surface area contributed by atoms with E-state index in [-0.39, 0.29) is 18.1 Å². The van der Waals surface area contributed by atoms with E-state index < -0.39 is 0 Å². The quantitative estimate of drug-likeness (QED) is 0.755. The predicted molar refractivity (Wildman–Crippen MR) is 68.1 cm³/mol. The summed E-state index contributed by atoms with van der Waals surface area (Å²) in [5.74, 6) is -0.486. The lowest BCUT2D eigenvalue weighted by molar-refractivity contribution is -0.120. The summed E-state index contributed by atoms with van der Waals surface area (Å²) in [5.41, 5.74) is 1.24. The van der Waals surface area contributed by atoms with Crippen molar-refractivity contribution in [2.24, 2.45) is 0 Å². The Morgan fingerprint density at radius 1 is 1.53 bits per heavy atom. The Morgan fingerprint density at radius 3 is 2.94 bits per heavy atom. The van der Waals surface area contributed by atoms with Crippen molar-refractivity contribution in [3.05, 3.63) is 41.7 Å². The lowest BCUT2D eigenvalue weighted by Gasteiger charge is -2.06. The van der Waals surface area contributed by atoms with Crippen LogP contribution in [-0.2, 0) is 11.2 Å². The first-order valence-electron chi connectivity index (χ1n) is 5.85. The number of nitrogens with one attached hydrogen (secondary N) is 1. The van der Waals surface area contributed by atoms with Crippen molar-refractivity contribution in [2.45, 2.75) is 26.2 Å². The number of carbonyl (C=O) groups excluding carboxylic acids is 1. The van der Waals surface area contributed by atoms with Gasteiger partial charge in [-0.15, -0.1) is 0 Å². The van der Waals surface area contributed by atoms with Gasteiger partial charge in [-0.1, -0.05) is 32.1 Å². The van der Waals surface area contributed by atoms with Crippen LogP contribution in [0, 0.1) is 5.82 Å². The first-order valence-corrected chi connectivity index (χ1v) is 5.85. The highest BCUT2D eigenvalue weighted by Gasteiger charge is 2.07. The first-order chi connectivity index (χ1) is 8.17. The molecule has 0 aliphatic heterocycles. The molecule has 1 aromatic carbocycles. The summed E-state index contributed by atoms with van der Waals surface area (Å²) in [5, 5.41) is 2.77. The number of unbranched alkanes of at least 4 members (excludes halogenated alkanes) is 1. The van der Waals surface area contributed by atoms with Crippen LogP contribution in [0.2, 0.25) is 0 Å². The van der Waals surface area contributed by atoms with Gasteiger partial charge in [0.1, 0.15) is 5.82 Å². The molecule has 1 rings (SSSR count). The van der Waals surface area contributed by atoms with Gasteiger partial charge in [-0.05, 0) is 29.7 Å². The zero-order valence-corrected chi connectivity index (χ0v) is 10.1. The molecule has 0 aliphatic carbocycles. The molecule has 0 heterocycles. The molecule has 0 fully saturated rings. The minimum Gasteiger partial charge on any atom is -0.356 e. The molecule has 0 saturated carbocycles. The van der Waals surface area contributed by atoms with Crippen LogP contribution in [0.15, 0.2) is 24.8 Å². The van der Waals surface area contributed by atoms with Gasteiger partial charge in [-0.3, -0.25) is 4.79 Å². The predicted octanol–water partition coefficient (Wildman–Crippen LogP) is 2.93. The van der Waals surface area contributed by atoms with Gasteiger partial charge in [0.25, 0.3) is 0 Å². The second-order valence-electron chi connectivity index (χ2n) is 3.94. The summed E-state index contributed by atoms with van der Waals surface area (Å²) in [7, 11) is 0. The molecule has 0 aromatic heterocycles. The Kier molecular flexibility index (Phi) is 5.40. The Hall–Kier alpha value is -1.64. The number of hydrogen-bond acceptors (Lipinski definition) is 1. The Balaban J connectivity index is 2.60. The van der Waals surface area contributed by atoms with E-state index in [1.165, 1.54) is 6.07 Å². The van der Waals surface area contributed by atoms with Gasteiger partial charge in [0.05, 0.1) is 6.42 Å². The zero-order chi connectivity index (χ0) is 12.7. The second-order valence-corrected chi connectivity index (χ2v) is 3.94. The van der Waals surface area contributed by atoms with E-state index in [4.69, 9.17) is 0 Å². The third-order valence-corrected chi connectivity index (χ3v) is 2.51. The average molecular weight is 235 g/mol. The van der Waals surface area contributed by atoms with Crippen molar-refractivity contribution in [2.75, 3.05) is 6.54 Å². The van der Waals surface area contributed by atoms with Gasteiger partial charge in [-0.2, -0.15) is 0 Å². The molecule has 0 unspecified atom stereocenters. The first kappa shape index (κ1) is 13.4. The standard InChI is InChI=1S/C14H18FNO/c1-3-5-8-16-14(17)10-12-9-11(4-2)6-7-13(12)15/h4,6-7,9H,2-3,5,8,10H2,1H3,(H,16,17). The highest BCUT2D eigenvalue weighted by Crippen LogP contribution is 2.12. The maximum Gasteiger partial charge on any atom is 0.224 e. The summed E-state index contributed by atoms with van der Waals surface area (Å²) in [4.78, 5) is 11.5. The number of benzene rings is 1. The van der Waals surface area contributed by atoms with Crippen LogP contribution in [-0.4, -0.2) is 12.5 Å². The maximum absolute atomic E-state index is 13.4. The van der Waals surface area contributed by atoms with Crippen molar-refractivity contribution < 1.29 is 9.18 Å². The lowest BCUT2D eigenvalue weighted by Crippen LogP contribution is -2.26. The molecule has 92 valence electrons. The van der Waals surface area contributed by atoms with E-state index in [1.807, 2.05) is 0 Å². The van der Waals surface area contributed by atoms with Crippen LogP contribution in [0.4, 0.5) is 4.39 Å². The molecular weight excluding hydrogens is 217 g/mol. The number of amides is 1. The van der Waals surface area contributed by atoms with Crippen LogP contribution < -0.4 is 5.32 Å². The largest absolute Gasteiger partial charge is 0.356 e. The van der Waals surface area contributed by atoms with E-state index in [0.717, 1.165) is 18.4 Å². The van der Waals surface area contributed by atoms with Crippen LogP contribution in [0.3, 0.4) is 0 Å². The van der Waals surface area contributed by atoms with Crippen molar-refractivity contribution >= 4 is 12.0 Å². The molecule has 17 heavy (non-hydrogen) atoms. The van der Waals surface area contributed by atoms with E-state index in [2.05, 4.69) is 18.8 Å². The normalized spacial score (nSPS) is 10.0. The molecule has 0 spiro atoms. The molecule has 2 nitrogen and oxygen atoms in total. The monoisotopic (exact) mass is 235 g/mol. The molecule has 1 N–H and O–H groups in total. The van der Waals surface area contributed by atoms with Gasteiger partial charge in [0, 0.05) is 6.54 Å². The van der Waals surface area contributed by atoms with Gasteiger partial charge in [0.2, 0.25) is 5.91 Å². The van der Waals surface area contributed by atoms with Gasteiger partial charge < -0.3 is 5.32 Å². The molecular formula is C14H18FNO. The molecule has 1 amide bonds. The van der Waals surface area contributed by atoms with Gasteiger partial charge >= 0.3 is 0 Å². The molecule has 0 atom stereocenters. The second kappa shape index (κ2) is 6.84. The molecule has 3 heteroatoms. The fourth-order valence-corrected chi connectivity index (χ4v) is 1.50. The number of halogens is 1. The Labute approximate surface area is 102 Å². The lowest BCUT2D eigenvalue weighted by atomic mass is 10.1. The highest BCUT2D eigenvalue weighted by atomic mass is 19.1. The molecule has 1 aromatic rings. The van der Waals surface area contributed by atoms with Crippen molar-refractivity contribution in [3.63, 3.8) is 0 Å².